The summed E-state index contributed by atoms with van der Waals surface area (Å²) in [5.74, 6) is -1.26. The van der Waals surface area contributed by atoms with Gasteiger partial charge in [-0.2, -0.15) is 0 Å². The molecule has 7 heteroatoms. The zero-order valence-electron chi connectivity index (χ0n) is 13.4. The summed E-state index contributed by atoms with van der Waals surface area (Å²) in [5.41, 5.74) is 0.641. The maximum absolute atomic E-state index is 11.9. The van der Waals surface area contributed by atoms with Crippen LogP contribution in [0.4, 0.5) is 0 Å². The second kappa shape index (κ2) is 8.74. The number of aliphatic hydroxyl groups excluding tert-OH is 1. The summed E-state index contributed by atoms with van der Waals surface area (Å²) in [6.45, 7) is 3.73. The van der Waals surface area contributed by atoms with E-state index >= 15 is 0 Å². The molecule has 2 atom stereocenters. The highest BCUT2D eigenvalue weighted by Crippen LogP contribution is 2.25. The van der Waals surface area contributed by atoms with Crippen molar-refractivity contribution in [2.24, 2.45) is 5.92 Å². The number of hydrogen-bond acceptors (Lipinski definition) is 4. The van der Waals surface area contributed by atoms with Gasteiger partial charge in [0.2, 0.25) is 5.91 Å². The molecule has 3 N–H and O–H groups in total. The molecule has 0 spiro atoms. The van der Waals surface area contributed by atoms with Crippen molar-refractivity contribution in [1.29, 1.82) is 0 Å². The fourth-order valence-corrected chi connectivity index (χ4v) is 2.37. The molecule has 0 heterocycles. The second-order valence-corrected chi connectivity index (χ2v) is 6.12. The molecule has 1 aromatic rings. The molecule has 0 fully saturated rings. The van der Waals surface area contributed by atoms with E-state index in [2.05, 4.69) is 5.32 Å². The summed E-state index contributed by atoms with van der Waals surface area (Å²) in [6, 6.07) is 3.75. The number of hydrogen-bond donors (Lipinski definition) is 3. The molecule has 1 rings (SSSR count). The van der Waals surface area contributed by atoms with E-state index in [1.807, 2.05) is 13.8 Å². The van der Waals surface area contributed by atoms with E-state index in [4.69, 9.17) is 16.3 Å². The molecule has 0 bridgehead atoms. The number of carbonyl (C=O) groups excluding carboxylic acids is 1. The number of methoxy groups -OCH3 is 1. The Morgan fingerprint density at radius 3 is 2.48 bits per heavy atom. The summed E-state index contributed by atoms with van der Waals surface area (Å²) >= 11 is 6.01. The van der Waals surface area contributed by atoms with Gasteiger partial charge in [0.25, 0.3) is 0 Å². The number of carboxylic acids is 1. The first-order chi connectivity index (χ1) is 10.7. The van der Waals surface area contributed by atoms with Crippen molar-refractivity contribution in [3.63, 3.8) is 0 Å². The number of benzene rings is 1. The van der Waals surface area contributed by atoms with Crippen molar-refractivity contribution < 1.29 is 24.5 Å². The lowest BCUT2D eigenvalue weighted by atomic mass is 10.0. The lowest BCUT2D eigenvalue weighted by Gasteiger charge is -2.18. The zero-order chi connectivity index (χ0) is 17.6. The molecule has 0 unspecified atom stereocenters. The fraction of sp³-hybridized carbons (Fsp3) is 0.500. The second-order valence-electron chi connectivity index (χ2n) is 5.72. The van der Waals surface area contributed by atoms with Crippen LogP contribution in [0.3, 0.4) is 0 Å². The molecule has 0 aliphatic carbocycles. The number of ether oxygens (including phenoxy) is 1. The third kappa shape index (κ3) is 6.08. The van der Waals surface area contributed by atoms with Gasteiger partial charge in [0.05, 0.1) is 12.1 Å². The number of halogens is 1. The first-order valence-corrected chi connectivity index (χ1v) is 7.66. The Balaban J connectivity index is 2.78. The monoisotopic (exact) mass is 343 g/mol. The average molecular weight is 344 g/mol. The van der Waals surface area contributed by atoms with Crippen LogP contribution in [0, 0.1) is 5.92 Å². The average Bonchev–Trinajstić information content (AvgIpc) is 2.45. The van der Waals surface area contributed by atoms with E-state index in [1.165, 1.54) is 7.11 Å². The Labute approximate surface area is 140 Å². The normalized spacial score (nSPS) is 13.5. The quantitative estimate of drug-likeness (QED) is 0.669. The molecule has 1 amide bonds. The summed E-state index contributed by atoms with van der Waals surface area (Å²) in [5, 5.41) is 21.7. The van der Waals surface area contributed by atoms with Crippen molar-refractivity contribution in [1.82, 2.24) is 5.32 Å². The van der Waals surface area contributed by atoms with Gasteiger partial charge in [0.15, 0.2) is 0 Å². The van der Waals surface area contributed by atoms with Gasteiger partial charge in [-0.25, -0.2) is 4.79 Å². The summed E-state index contributed by atoms with van der Waals surface area (Å²) < 4.78 is 5.03. The molecule has 128 valence electrons. The number of amides is 1. The van der Waals surface area contributed by atoms with Crippen molar-refractivity contribution in [3.8, 4) is 5.75 Å². The van der Waals surface area contributed by atoms with Crippen molar-refractivity contribution in [2.45, 2.75) is 38.8 Å². The van der Waals surface area contributed by atoms with Crippen LogP contribution in [0.25, 0.3) is 0 Å². The molecule has 0 radical (unpaired) electrons. The van der Waals surface area contributed by atoms with Crippen LogP contribution < -0.4 is 10.1 Å². The Bertz CT molecular complexity index is 561. The molecule has 0 aliphatic rings. The Morgan fingerprint density at radius 1 is 1.35 bits per heavy atom. The number of rotatable bonds is 8. The van der Waals surface area contributed by atoms with Crippen LogP contribution in [0.15, 0.2) is 18.2 Å². The van der Waals surface area contributed by atoms with Crippen LogP contribution in [0.5, 0.6) is 5.75 Å². The Morgan fingerprint density at radius 2 is 2.00 bits per heavy atom. The largest absolute Gasteiger partial charge is 0.495 e. The standard InChI is InChI=1S/C16H22ClNO5/c1-9(2)6-13(19)15(20)18-12(16(21)22)8-10-4-5-14(23-3)11(17)7-10/h4-5,7,9,12-13,19H,6,8H2,1-3H3,(H,18,20)(H,21,22)/t12-,13-/m1/s1. The van der Waals surface area contributed by atoms with Crippen LogP contribution in [0.2, 0.25) is 5.02 Å². The summed E-state index contributed by atoms with van der Waals surface area (Å²) in [4.78, 5) is 23.2. The Kier molecular flexibility index (Phi) is 7.32. The molecule has 6 nitrogen and oxygen atoms in total. The minimum Gasteiger partial charge on any atom is -0.495 e. The summed E-state index contributed by atoms with van der Waals surface area (Å²) in [6.07, 6.45) is -0.901. The van der Waals surface area contributed by atoms with E-state index in [9.17, 15) is 19.8 Å². The minimum absolute atomic E-state index is 0.0547. The maximum Gasteiger partial charge on any atom is 0.326 e. The predicted octanol–water partition coefficient (Wildman–Crippen LogP) is 1.87. The highest BCUT2D eigenvalue weighted by atomic mass is 35.5. The van der Waals surface area contributed by atoms with Crippen molar-refractivity contribution in [2.75, 3.05) is 7.11 Å². The molecule has 23 heavy (non-hydrogen) atoms. The molecule has 0 aliphatic heterocycles. The molecular formula is C16H22ClNO5. The van der Waals surface area contributed by atoms with Crippen LogP contribution in [-0.4, -0.2) is 41.3 Å². The van der Waals surface area contributed by atoms with Gasteiger partial charge in [0.1, 0.15) is 17.9 Å². The van der Waals surface area contributed by atoms with E-state index in [-0.39, 0.29) is 18.8 Å². The minimum atomic E-state index is -1.23. The van der Waals surface area contributed by atoms with Gasteiger partial charge in [-0.05, 0) is 30.0 Å². The van der Waals surface area contributed by atoms with Gasteiger partial charge in [-0.1, -0.05) is 31.5 Å². The predicted molar refractivity (Wildman–Crippen MR) is 86.7 cm³/mol. The smallest absolute Gasteiger partial charge is 0.326 e. The zero-order valence-corrected chi connectivity index (χ0v) is 14.1. The van der Waals surface area contributed by atoms with Gasteiger partial charge in [0, 0.05) is 6.42 Å². The fourth-order valence-electron chi connectivity index (χ4n) is 2.09. The van der Waals surface area contributed by atoms with E-state index in [0.29, 0.717) is 16.3 Å². The van der Waals surface area contributed by atoms with Crippen molar-refractivity contribution >= 4 is 23.5 Å². The SMILES string of the molecule is COc1ccc(C[C@@H](NC(=O)[C@H](O)CC(C)C)C(=O)O)cc1Cl. The van der Waals surface area contributed by atoms with Crippen LogP contribution in [-0.2, 0) is 16.0 Å². The first-order valence-electron chi connectivity index (χ1n) is 7.28. The third-order valence-electron chi connectivity index (χ3n) is 3.27. The van der Waals surface area contributed by atoms with Gasteiger partial charge < -0.3 is 20.3 Å². The van der Waals surface area contributed by atoms with Gasteiger partial charge in [-0.15, -0.1) is 0 Å². The molecule has 0 saturated carbocycles. The molecule has 1 aromatic carbocycles. The number of aliphatic carboxylic acids is 1. The van der Waals surface area contributed by atoms with Crippen molar-refractivity contribution in [3.05, 3.63) is 28.8 Å². The number of carbonyl (C=O) groups is 2. The Hall–Kier alpha value is -1.79. The molecular weight excluding hydrogens is 322 g/mol. The van der Waals surface area contributed by atoms with Crippen LogP contribution in [0.1, 0.15) is 25.8 Å². The number of carboxylic acid groups (broad SMARTS) is 1. The number of nitrogens with one attached hydrogen (secondary N) is 1. The van der Waals surface area contributed by atoms with E-state index < -0.39 is 24.0 Å². The van der Waals surface area contributed by atoms with E-state index in [0.717, 1.165) is 0 Å². The highest BCUT2D eigenvalue weighted by molar-refractivity contribution is 6.32. The first kappa shape index (κ1) is 19.3. The molecule has 0 saturated heterocycles. The van der Waals surface area contributed by atoms with Gasteiger partial charge >= 0.3 is 5.97 Å². The highest BCUT2D eigenvalue weighted by Gasteiger charge is 2.25. The number of aliphatic hydroxyl groups is 1. The topological polar surface area (TPSA) is 95.9 Å². The lowest BCUT2D eigenvalue weighted by molar-refractivity contribution is -0.143. The van der Waals surface area contributed by atoms with Crippen LogP contribution >= 0.6 is 11.6 Å². The lowest BCUT2D eigenvalue weighted by Crippen LogP contribution is -2.46. The molecule has 0 aromatic heterocycles. The van der Waals surface area contributed by atoms with E-state index in [1.54, 1.807) is 18.2 Å². The third-order valence-corrected chi connectivity index (χ3v) is 3.56. The summed E-state index contributed by atoms with van der Waals surface area (Å²) in [7, 11) is 1.48. The van der Waals surface area contributed by atoms with Gasteiger partial charge in [-0.3, -0.25) is 4.79 Å². The maximum atomic E-state index is 11.9.